The molecule has 2 N–H and O–H groups in total. The van der Waals surface area contributed by atoms with Gasteiger partial charge in [-0.1, -0.05) is 5.16 Å². The fourth-order valence-electron chi connectivity index (χ4n) is 5.04. The Hall–Kier alpha value is -2.68. The summed E-state index contributed by atoms with van der Waals surface area (Å²) in [5.74, 6) is 1.05. The second-order valence-corrected chi connectivity index (χ2v) is 9.32. The molecule has 158 valence electrons. The van der Waals surface area contributed by atoms with E-state index in [1.54, 1.807) is 18.3 Å². The number of nitrogens with one attached hydrogen (secondary N) is 1. The lowest BCUT2D eigenvalue weighted by Gasteiger charge is -2.37. The van der Waals surface area contributed by atoms with Crippen LogP contribution in [0.4, 0.5) is 9.80 Å². The summed E-state index contributed by atoms with van der Waals surface area (Å²) in [4.78, 5) is 30.2. The molecule has 1 fully saturated rings. The average Bonchev–Trinajstić information content (AvgIpc) is 3.30. The number of amides is 1. The first kappa shape index (κ1) is 19.3. The maximum Gasteiger partial charge on any atom is 0.511 e. The molecule has 1 saturated carbocycles. The zero-order valence-corrected chi connectivity index (χ0v) is 17.5. The number of carboxylic acid groups (broad SMARTS) is 1. The highest BCUT2D eigenvalue weighted by atomic mass is 32.1. The van der Waals surface area contributed by atoms with Crippen molar-refractivity contribution >= 4 is 28.4 Å². The van der Waals surface area contributed by atoms with Crippen molar-refractivity contribution in [1.29, 1.82) is 0 Å². The second kappa shape index (κ2) is 7.54. The highest BCUT2D eigenvalue weighted by Gasteiger charge is 2.41. The first-order valence-corrected chi connectivity index (χ1v) is 11.2. The molecule has 9 heteroatoms. The van der Waals surface area contributed by atoms with Crippen LogP contribution in [0.2, 0.25) is 0 Å². The predicted molar refractivity (Wildman–Crippen MR) is 109 cm³/mol. The molecule has 0 aromatic carbocycles. The molecule has 4 aliphatic carbocycles. The Balaban J connectivity index is 1.53. The number of rotatable bonds is 4. The summed E-state index contributed by atoms with van der Waals surface area (Å²) < 4.78 is 10.5. The van der Waals surface area contributed by atoms with E-state index in [2.05, 4.69) is 15.5 Å². The highest BCUT2D eigenvalue weighted by Crippen LogP contribution is 2.48. The average molecular weight is 429 g/mol. The summed E-state index contributed by atoms with van der Waals surface area (Å²) >= 11 is 1.55. The number of nitrogens with zero attached hydrogens (tertiary/aromatic N) is 2. The van der Waals surface area contributed by atoms with Crippen molar-refractivity contribution in [2.24, 2.45) is 11.8 Å². The van der Waals surface area contributed by atoms with Gasteiger partial charge in [-0.3, -0.25) is 4.79 Å². The fourth-order valence-corrected chi connectivity index (χ4v) is 6.32. The van der Waals surface area contributed by atoms with Crippen LogP contribution < -0.4 is 5.32 Å². The first-order chi connectivity index (χ1) is 14.5. The molecule has 0 spiro atoms. The van der Waals surface area contributed by atoms with Crippen LogP contribution >= 0.6 is 11.3 Å². The number of hydrogen-bond donors (Lipinski definition) is 2. The summed E-state index contributed by atoms with van der Waals surface area (Å²) in [6.45, 7) is 1.77. The van der Waals surface area contributed by atoms with Gasteiger partial charge in [0.05, 0.1) is 11.1 Å². The molecule has 0 atom stereocenters. The van der Waals surface area contributed by atoms with E-state index < -0.39 is 6.16 Å². The van der Waals surface area contributed by atoms with Crippen LogP contribution in [0.3, 0.4) is 0 Å². The monoisotopic (exact) mass is 429 g/mol. The molecule has 2 heterocycles. The van der Waals surface area contributed by atoms with Crippen molar-refractivity contribution < 1.29 is 24.0 Å². The Bertz CT molecular complexity index is 1050. The van der Waals surface area contributed by atoms with Gasteiger partial charge in [0, 0.05) is 10.8 Å². The Morgan fingerprint density at radius 1 is 1.17 bits per heavy atom. The van der Waals surface area contributed by atoms with Crippen molar-refractivity contribution in [3.8, 4) is 11.5 Å². The normalized spacial score (nSPS) is 22.7. The fraction of sp³-hybridized carbons (Fsp3) is 0.524. The van der Waals surface area contributed by atoms with Crippen LogP contribution in [0.25, 0.3) is 11.5 Å². The summed E-state index contributed by atoms with van der Waals surface area (Å²) in [6.07, 6.45) is 6.23. The van der Waals surface area contributed by atoms with Crippen molar-refractivity contribution in [2.75, 3.05) is 5.32 Å². The van der Waals surface area contributed by atoms with Gasteiger partial charge in [-0.15, -0.1) is 11.3 Å². The summed E-state index contributed by atoms with van der Waals surface area (Å²) in [6, 6.07) is 0. The van der Waals surface area contributed by atoms with Crippen molar-refractivity contribution in [3.63, 3.8) is 0 Å². The SMILES string of the molecule is Cc1noc(-c2c(NC(=O)C3=C(OC(=O)O)C4CCC3CC4)sc3c2CCCC3)n1. The largest absolute Gasteiger partial charge is 0.511 e. The smallest absolute Gasteiger partial charge is 0.449 e. The van der Waals surface area contributed by atoms with E-state index in [0.29, 0.717) is 28.0 Å². The molecular weight excluding hydrogens is 406 g/mol. The minimum Gasteiger partial charge on any atom is -0.449 e. The van der Waals surface area contributed by atoms with Crippen LogP contribution in [-0.4, -0.2) is 27.3 Å². The molecule has 4 aliphatic rings. The number of aromatic nitrogens is 2. The first-order valence-electron chi connectivity index (χ1n) is 10.4. The molecule has 1 amide bonds. The number of allylic oxidation sites excluding steroid dienone is 1. The van der Waals surface area contributed by atoms with Gasteiger partial charge in [0.15, 0.2) is 5.82 Å². The van der Waals surface area contributed by atoms with Crippen LogP contribution in [0.1, 0.15) is 54.8 Å². The summed E-state index contributed by atoms with van der Waals surface area (Å²) in [5, 5.41) is 16.8. The number of hydrogen-bond acceptors (Lipinski definition) is 7. The van der Waals surface area contributed by atoms with E-state index in [0.717, 1.165) is 56.9 Å². The maximum absolute atomic E-state index is 13.3. The minimum atomic E-state index is -1.36. The van der Waals surface area contributed by atoms with E-state index in [9.17, 15) is 14.7 Å². The van der Waals surface area contributed by atoms with Gasteiger partial charge < -0.3 is 19.7 Å². The zero-order chi connectivity index (χ0) is 20.8. The van der Waals surface area contributed by atoms with Gasteiger partial charge in [0.2, 0.25) is 0 Å². The van der Waals surface area contributed by atoms with E-state index in [1.807, 2.05) is 0 Å². The Labute approximate surface area is 177 Å². The molecule has 0 saturated heterocycles. The molecular formula is C21H23N3O5S. The molecule has 2 bridgehead atoms. The van der Waals surface area contributed by atoms with Gasteiger partial charge in [0.1, 0.15) is 10.8 Å². The van der Waals surface area contributed by atoms with E-state index in [4.69, 9.17) is 9.26 Å². The van der Waals surface area contributed by atoms with Crippen LogP contribution in [0.5, 0.6) is 0 Å². The standard InChI is InChI=1S/C21H23N3O5S/c1-10-22-19(29-24-10)16-13-4-2-3-5-14(13)30-20(16)23-18(25)15-11-6-8-12(9-7-11)17(15)28-21(26)27/h11-12H,2-9H2,1H3,(H,23,25)(H,26,27). The molecule has 6 rings (SSSR count). The molecule has 0 aliphatic heterocycles. The lowest BCUT2D eigenvalue weighted by atomic mass is 9.70. The van der Waals surface area contributed by atoms with Crippen LogP contribution in [0, 0.1) is 18.8 Å². The lowest BCUT2D eigenvalue weighted by molar-refractivity contribution is -0.114. The van der Waals surface area contributed by atoms with Gasteiger partial charge >= 0.3 is 6.16 Å². The van der Waals surface area contributed by atoms with E-state index in [1.165, 1.54) is 10.4 Å². The number of carbonyl (C=O) groups excluding carboxylic acids is 1. The highest BCUT2D eigenvalue weighted by molar-refractivity contribution is 7.17. The number of aryl methyl sites for hydroxylation is 2. The minimum absolute atomic E-state index is 0.00134. The van der Waals surface area contributed by atoms with Crippen molar-refractivity contribution in [1.82, 2.24) is 10.1 Å². The van der Waals surface area contributed by atoms with Gasteiger partial charge in [-0.05, 0) is 69.8 Å². The Kier molecular flexibility index (Phi) is 4.85. The number of anilines is 1. The Morgan fingerprint density at radius 2 is 1.90 bits per heavy atom. The number of thiophene rings is 1. The molecule has 0 radical (unpaired) electrons. The third-order valence-electron chi connectivity index (χ3n) is 6.35. The zero-order valence-electron chi connectivity index (χ0n) is 16.7. The molecule has 30 heavy (non-hydrogen) atoms. The van der Waals surface area contributed by atoms with E-state index >= 15 is 0 Å². The maximum atomic E-state index is 13.3. The van der Waals surface area contributed by atoms with Gasteiger partial charge in [-0.2, -0.15) is 4.98 Å². The number of carbonyl (C=O) groups is 2. The topological polar surface area (TPSA) is 115 Å². The van der Waals surface area contributed by atoms with Crippen LogP contribution in [0.15, 0.2) is 15.9 Å². The Morgan fingerprint density at radius 3 is 2.60 bits per heavy atom. The second-order valence-electron chi connectivity index (χ2n) is 8.21. The van der Waals surface area contributed by atoms with Gasteiger partial charge in [-0.25, -0.2) is 4.79 Å². The summed E-state index contributed by atoms with van der Waals surface area (Å²) in [7, 11) is 0. The number of fused-ring (bicyclic) bond motifs is 3. The predicted octanol–water partition coefficient (Wildman–Crippen LogP) is 4.69. The molecule has 8 nitrogen and oxygen atoms in total. The number of ether oxygens (including phenoxy) is 1. The third-order valence-corrected chi connectivity index (χ3v) is 7.56. The molecule has 0 unspecified atom stereocenters. The summed E-state index contributed by atoms with van der Waals surface area (Å²) in [5.41, 5.74) is 2.47. The molecule has 2 aromatic rings. The van der Waals surface area contributed by atoms with Crippen molar-refractivity contribution in [2.45, 2.75) is 58.3 Å². The van der Waals surface area contributed by atoms with E-state index in [-0.39, 0.29) is 17.7 Å². The third kappa shape index (κ3) is 3.30. The van der Waals surface area contributed by atoms with Gasteiger partial charge in [0.25, 0.3) is 11.8 Å². The quantitative estimate of drug-likeness (QED) is 0.677. The molecule has 2 aromatic heterocycles. The van der Waals surface area contributed by atoms with Crippen molar-refractivity contribution in [3.05, 3.63) is 27.6 Å². The lowest BCUT2D eigenvalue weighted by Crippen LogP contribution is -2.34. The van der Waals surface area contributed by atoms with Crippen LogP contribution in [-0.2, 0) is 22.4 Å².